The Morgan fingerprint density at radius 3 is 2.81 bits per heavy atom. The largest absolute Gasteiger partial charge is 0.459 e. The monoisotopic (exact) mass is 359 g/mol. The van der Waals surface area contributed by atoms with Crippen LogP contribution in [0.4, 0.5) is 4.79 Å². The van der Waals surface area contributed by atoms with Crippen LogP contribution in [0.3, 0.4) is 0 Å². The van der Waals surface area contributed by atoms with Crippen molar-refractivity contribution < 1.29 is 14.0 Å². The molecule has 0 atom stereocenters. The van der Waals surface area contributed by atoms with Crippen molar-refractivity contribution in [1.29, 1.82) is 0 Å². The van der Waals surface area contributed by atoms with E-state index in [9.17, 15) is 9.59 Å². The average molecular weight is 359 g/mol. The van der Waals surface area contributed by atoms with Crippen molar-refractivity contribution in [3.8, 4) is 0 Å². The standard InChI is InChI=1S/C18H25N5O3/c1-21(9-4-11-23-10-3-8-19-23)18(25)20-15-6-12-22(13-7-15)17(24)16-5-2-14-26-16/h2-3,5,8,10,14-15H,4,6-7,9,11-13H2,1H3,(H,20,25). The molecule has 3 amide bonds. The van der Waals surface area contributed by atoms with E-state index in [0.29, 0.717) is 25.4 Å². The van der Waals surface area contributed by atoms with Gasteiger partial charge in [0.1, 0.15) is 0 Å². The highest BCUT2D eigenvalue weighted by Crippen LogP contribution is 2.14. The number of nitrogens with one attached hydrogen (secondary N) is 1. The molecule has 0 saturated carbocycles. The maximum absolute atomic E-state index is 12.3. The number of likely N-dealkylation sites (tertiary alicyclic amines) is 1. The highest BCUT2D eigenvalue weighted by atomic mass is 16.3. The maximum Gasteiger partial charge on any atom is 0.317 e. The summed E-state index contributed by atoms with van der Waals surface area (Å²) in [5, 5.41) is 7.21. The Bertz CT molecular complexity index is 690. The van der Waals surface area contributed by atoms with Crippen LogP contribution in [0.2, 0.25) is 0 Å². The fraction of sp³-hybridized carbons (Fsp3) is 0.500. The lowest BCUT2D eigenvalue weighted by Crippen LogP contribution is -2.49. The summed E-state index contributed by atoms with van der Waals surface area (Å²) in [5.74, 6) is 0.278. The van der Waals surface area contributed by atoms with Gasteiger partial charge in [-0.1, -0.05) is 0 Å². The highest BCUT2D eigenvalue weighted by Gasteiger charge is 2.26. The van der Waals surface area contributed by atoms with E-state index < -0.39 is 0 Å². The number of aromatic nitrogens is 2. The molecule has 140 valence electrons. The lowest BCUT2D eigenvalue weighted by atomic mass is 10.0. The van der Waals surface area contributed by atoms with Crippen LogP contribution in [0.15, 0.2) is 41.3 Å². The van der Waals surface area contributed by atoms with Gasteiger partial charge in [-0.15, -0.1) is 0 Å². The van der Waals surface area contributed by atoms with Gasteiger partial charge < -0.3 is 19.5 Å². The molecule has 3 heterocycles. The number of furan rings is 1. The molecule has 26 heavy (non-hydrogen) atoms. The predicted molar refractivity (Wildman–Crippen MR) is 95.6 cm³/mol. The Morgan fingerprint density at radius 1 is 1.35 bits per heavy atom. The minimum absolute atomic E-state index is 0.0683. The van der Waals surface area contributed by atoms with Gasteiger partial charge in [-0.25, -0.2) is 4.79 Å². The Balaban J connectivity index is 1.36. The summed E-state index contributed by atoms with van der Waals surface area (Å²) in [7, 11) is 1.80. The van der Waals surface area contributed by atoms with Crippen LogP contribution in [0.5, 0.6) is 0 Å². The van der Waals surface area contributed by atoms with Crippen molar-refractivity contribution in [2.75, 3.05) is 26.7 Å². The minimum Gasteiger partial charge on any atom is -0.459 e. The van der Waals surface area contributed by atoms with Crippen LogP contribution in [0.1, 0.15) is 29.8 Å². The van der Waals surface area contributed by atoms with E-state index in [1.165, 1.54) is 6.26 Å². The number of aryl methyl sites for hydroxylation is 1. The molecule has 0 aliphatic carbocycles. The van der Waals surface area contributed by atoms with Crippen LogP contribution in [-0.2, 0) is 6.54 Å². The molecule has 1 fully saturated rings. The highest BCUT2D eigenvalue weighted by molar-refractivity contribution is 5.91. The van der Waals surface area contributed by atoms with Crippen LogP contribution in [0, 0.1) is 0 Å². The molecule has 0 radical (unpaired) electrons. The summed E-state index contributed by atoms with van der Waals surface area (Å²) < 4.78 is 7.02. The SMILES string of the molecule is CN(CCCn1cccn1)C(=O)NC1CCN(C(=O)c2ccco2)CC1. The summed E-state index contributed by atoms with van der Waals surface area (Å²) >= 11 is 0. The lowest BCUT2D eigenvalue weighted by molar-refractivity contribution is 0.0674. The van der Waals surface area contributed by atoms with E-state index in [-0.39, 0.29) is 18.0 Å². The Labute approximate surface area is 152 Å². The summed E-state index contributed by atoms with van der Waals surface area (Å²) in [6, 6.07) is 5.30. The first-order valence-corrected chi connectivity index (χ1v) is 8.95. The van der Waals surface area contributed by atoms with E-state index in [4.69, 9.17) is 4.42 Å². The molecule has 3 rings (SSSR count). The van der Waals surface area contributed by atoms with Gasteiger partial charge in [-0.2, -0.15) is 5.10 Å². The van der Waals surface area contributed by atoms with Gasteiger partial charge in [-0.05, 0) is 37.5 Å². The normalized spacial score (nSPS) is 15.0. The third-order valence-electron chi connectivity index (χ3n) is 4.63. The minimum atomic E-state index is -0.0875. The Kier molecular flexibility index (Phi) is 5.93. The number of carbonyl (C=O) groups is 2. The van der Waals surface area contributed by atoms with Crippen molar-refractivity contribution in [2.24, 2.45) is 0 Å². The Hall–Kier alpha value is -2.77. The maximum atomic E-state index is 12.3. The number of piperidine rings is 1. The van der Waals surface area contributed by atoms with Gasteiger partial charge in [0.2, 0.25) is 0 Å². The molecule has 1 saturated heterocycles. The first-order valence-electron chi connectivity index (χ1n) is 8.95. The fourth-order valence-corrected chi connectivity index (χ4v) is 3.07. The number of rotatable bonds is 6. The number of hydrogen-bond donors (Lipinski definition) is 1. The molecule has 2 aromatic rings. The molecule has 1 N–H and O–H groups in total. The summed E-state index contributed by atoms with van der Waals surface area (Å²) in [5.41, 5.74) is 0. The van der Waals surface area contributed by atoms with Gasteiger partial charge in [0.15, 0.2) is 5.76 Å². The van der Waals surface area contributed by atoms with E-state index >= 15 is 0 Å². The van der Waals surface area contributed by atoms with Crippen LogP contribution < -0.4 is 5.32 Å². The third-order valence-corrected chi connectivity index (χ3v) is 4.63. The topological polar surface area (TPSA) is 83.6 Å². The fourth-order valence-electron chi connectivity index (χ4n) is 3.07. The van der Waals surface area contributed by atoms with Crippen molar-refractivity contribution in [2.45, 2.75) is 31.8 Å². The second kappa shape index (κ2) is 8.55. The second-order valence-corrected chi connectivity index (χ2v) is 6.54. The quantitative estimate of drug-likeness (QED) is 0.853. The average Bonchev–Trinajstić information content (AvgIpc) is 3.35. The molecule has 0 unspecified atom stereocenters. The van der Waals surface area contributed by atoms with Crippen LogP contribution in [0.25, 0.3) is 0 Å². The molecule has 0 aromatic carbocycles. The van der Waals surface area contributed by atoms with Crippen molar-refractivity contribution in [3.63, 3.8) is 0 Å². The van der Waals surface area contributed by atoms with Crippen LogP contribution in [-0.4, -0.2) is 64.2 Å². The van der Waals surface area contributed by atoms with E-state index in [2.05, 4.69) is 10.4 Å². The molecule has 8 nitrogen and oxygen atoms in total. The smallest absolute Gasteiger partial charge is 0.317 e. The number of nitrogens with zero attached hydrogens (tertiary/aromatic N) is 4. The van der Waals surface area contributed by atoms with E-state index in [0.717, 1.165) is 25.8 Å². The molecule has 8 heteroatoms. The van der Waals surface area contributed by atoms with Gasteiger partial charge in [0, 0.05) is 51.7 Å². The summed E-state index contributed by atoms with van der Waals surface area (Å²) in [6.45, 7) is 2.69. The zero-order valence-corrected chi connectivity index (χ0v) is 15.0. The first kappa shape index (κ1) is 18.0. The van der Waals surface area contributed by atoms with Gasteiger partial charge in [-0.3, -0.25) is 9.48 Å². The number of urea groups is 1. The number of carbonyl (C=O) groups excluding carboxylic acids is 2. The van der Waals surface area contributed by atoms with E-state index in [1.807, 2.05) is 16.9 Å². The molecule has 0 bridgehead atoms. The first-order chi connectivity index (χ1) is 12.6. The van der Waals surface area contributed by atoms with E-state index in [1.54, 1.807) is 35.2 Å². The summed E-state index contributed by atoms with van der Waals surface area (Å²) in [6.07, 6.45) is 7.51. The third kappa shape index (κ3) is 4.65. The lowest BCUT2D eigenvalue weighted by Gasteiger charge is -2.32. The molecular weight excluding hydrogens is 334 g/mol. The molecule has 1 aliphatic rings. The van der Waals surface area contributed by atoms with Gasteiger partial charge >= 0.3 is 6.03 Å². The number of hydrogen-bond acceptors (Lipinski definition) is 4. The van der Waals surface area contributed by atoms with Gasteiger partial charge in [0.05, 0.1) is 6.26 Å². The van der Waals surface area contributed by atoms with Crippen molar-refractivity contribution in [1.82, 2.24) is 24.9 Å². The second-order valence-electron chi connectivity index (χ2n) is 6.54. The van der Waals surface area contributed by atoms with Crippen molar-refractivity contribution >= 4 is 11.9 Å². The molecule has 0 spiro atoms. The predicted octanol–water partition coefficient (Wildman–Crippen LogP) is 1.81. The summed E-state index contributed by atoms with van der Waals surface area (Å²) in [4.78, 5) is 28.0. The Morgan fingerprint density at radius 2 is 2.15 bits per heavy atom. The molecule has 1 aliphatic heterocycles. The zero-order valence-electron chi connectivity index (χ0n) is 15.0. The van der Waals surface area contributed by atoms with Gasteiger partial charge in [0.25, 0.3) is 5.91 Å². The number of amides is 3. The molecule has 2 aromatic heterocycles. The van der Waals surface area contributed by atoms with Crippen LogP contribution >= 0.6 is 0 Å². The van der Waals surface area contributed by atoms with Crippen molar-refractivity contribution in [3.05, 3.63) is 42.6 Å². The molecular formula is C18H25N5O3. The zero-order chi connectivity index (χ0) is 18.4.